The molecule has 0 amide bonds. The molecule has 84 valence electrons. The fourth-order valence-corrected chi connectivity index (χ4v) is 2.78. The maximum Gasteiger partial charge on any atom is 0.161 e. The van der Waals surface area contributed by atoms with Gasteiger partial charge in [0.15, 0.2) is 5.65 Å². The second-order valence-corrected chi connectivity index (χ2v) is 4.96. The molecule has 1 unspecified atom stereocenters. The molecule has 1 fully saturated rings. The summed E-state index contributed by atoms with van der Waals surface area (Å²) < 4.78 is 3.12. The van der Waals surface area contributed by atoms with Gasteiger partial charge in [0.1, 0.15) is 5.82 Å². The van der Waals surface area contributed by atoms with E-state index in [9.17, 15) is 0 Å². The predicted octanol–water partition coefficient (Wildman–Crippen LogP) is 1.96. The topological polar surface area (TPSA) is 42.2 Å². The van der Waals surface area contributed by atoms with Gasteiger partial charge in [-0.3, -0.25) is 4.40 Å². The lowest BCUT2D eigenvalue weighted by Crippen LogP contribution is -2.29. The van der Waals surface area contributed by atoms with Crippen LogP contribution in [0.2, 0.25) is 0 Å². The smallest absolute Gasteiger partial charge is 0.161 e. The maximum atomic E-state index is 4.32. The molecule has 0 aliphatic carbocycles. The first-order valence-electron chi connectivity index (χ1n) is 5.56. The van der Waals surface area contributed by atoms with Crippen LogP contribution in [0, 0.1) is 0 Å². The van der Waals surface area contributed by atoms with Crippen molar-refractivity contribution in [1.82, 2.24) is 19.9 Å². The Morgan fingerprint density at radius 2 is 2.31 bits per heavy atom. The average molecular weight is 281 g/mol. The molecular weight excluding hydrogens is 268 g/mol. The monoisotopic (exact) mass is 280 g/mol. The Morgan fingerprint density at radius 3 is 3.12 bits per heavy atom. The number of nitrogens with one attached hydrogen (secondary N) is 1. The Bertz CT molecular complexity index is 502. The minimum atomic E-state index is 0.474. The molecule has 4 nitrogen and oxygen atoms in total. The van der Waals surface area contributed by atoms with Crippen LogP contribution in [-0.4, -0.2) is 27.7 Å². The molecule has 0 saturated carbocycles. The molecule has 3 heterocycles. The van der Waals surface area contributed by atoms with E-state index in [4.69, 9.17) is 0 Å². The molecule has 16 heavy (non-hydrogen) atoms. The summed E-state index contributed by atoms with van der Waals surface area (Å²) >= 11 is 3.56. The van der Waals surface area contributed by atoms with E-state index in [-0.39, 0.29) is 0 Å². The Hall–Kier alpha value is -0.940. The highest BCUT2D eigenvalue weighted by atomic mass is 79.9. The molecule has 0 aromatic carbocycles. The highest BCUT2D eigenvalue weighted by Crippen LogP contribution is 2.24. The van der Waals surface area contributed by atoms with E-state index < -0.39 is 0 Å². The average Bonchev–Trinajstić information content (AvgIpc) is 2.75. The van der Waals surface area contributed by atoms with Crippen LogP contribution >= 0.6 is 15.9 Å². The minimum absolute atomic E-state index is 0.474. The van der Waals surface area contributed by atoms with Crippen molar-refractivity contribution in [3.05, 3.63) is 28.6 Å². The summed E-state index contributed by atoms with van der Waals surface area (Å²) in [5.74, 6) is 1.54. The van der Waals surface area contributed by atoms with Gasteiger partial charge in [-0.1, -0.05) is 6.07 Å². The molecule has 1 N–H and O–H groups in total. The SMILES string of the molecule is Brc1cccc2nnc(C3CCCNC3)n12. The molecule has 1 aliphatic rings. The normalized spacial score (nSPS) is 21.4. The van der Waals surface area contributed by atoms with Crippen LogP contribution in [0.25, 0.3) is 5.65 Å². The second kappa shape index (κ2) is 4.14. The van der Waals surface area contributed by atoms with E-state index in [1.807, 2.05) is 18.2 Å². The fourth-order valence-electron chi connectivity index (χ4n) is 2.26. The first kappa shape index (κ1) is 10.2. The summed E-state index contributed by atoms with van der Waals surface area (Å²) in [6.45, 7) is 2.12. The number of piperidine rings is 1. The number of nitrogens with zero attached hydrogens (tertiary/aromatic N) is 3. The van der Waals surface area contributed by atoms with E-state index in [0.717, 1.165) is 29.2 Å². The van der Waals surface area contributed by atoms with Crippen molar-refractivity contribution in [2.45, 2.75) is 18.8 Å². The number of hydrogen-bond acceptors (Lipinski definition) is 3. The number of halogens is 1. The van der Waals surface area contributed by atoms with Gasteiger partial charge in [0.25, 0.3) is 0 Å². The van der Waals surface area contributed by atoms with E-state index in [1.54, 1.807) is 0 Å². The molecule has 5 heteroatoms. The molecule has 0 spiro atoms. The van der Waals surface area contributed by atoms with Crippen molar-refractivity contribution >= 4 is 21.6 Å². The second-order valence-electron chi connectivity index (χ2n) is 4.14. The van der Waals surface area contributed by atoms with E-state index >= 15 is 0 Å². The van der Waals surface area contributed by atoms with E-state index in [2.05, 4.69) is 35.8 Å². The van der Waals surface area contributed by atoms with Crippen LogP contribution in [0.4, 0.5) is 0 Å². The lowest BCUT2D eigenvalue weighted by molar-refractivity contribution is 0.444. The quantitative estimate of drug-likeness (QED) is 0.812. The van der Waals surface area contributed by atoms with E-state index in [0.29, 0.717) is 5.92 Å². The Kier molecular flexibility index (Phi) is 2.65. The number of hydrogen-bond donors (Lipinski definition) is 1. The van der Waals surface area contributed by atoms with Gasteiger partial charge in [0.05, 0.1) is 4.60 Å². The molecule has 1 atom stereocenters. The van der Waals surface area contributed by atoms with Crippen molar-refractivity contribution in [2.24, 2.45) is 0 Å². The zero-order valence-corrected chi connectivity index (χ0v) is 10.4. The first-order chi connectivity index (χ1) is 7.86. The molecule has 2 aromatic rings. The summed E-state index contributed by atoms with van der Waals surface area (Å²) in [7, 11) is 0. The van der Waals surface area contributed by atoms with Crippen molar-refractivity contribution in [3.63, 3.8) is 0 Å². The van der Waals surface area contributed by atoms with E-state index in [1.165, 1.54) is 12.8 Å². The number of fused-ring (bicyclic) bond motifs is 1. The van der Waals surface area contributed by atoms with Crippen LogP contribution in [0.1, 0.15) is 24.6 Å². The van der Waals surface area contributed by atoms with Crippen molar-refractivity contribution in [2.75, 3.05) is 13.1 Å². The van der Waals surface area contributed by atoms with Crippen molar-refractivity contribution in [3.8, 4) is 0 Å². The molecular formula is C11H13BrN4. The third kappa shape index (κ3) is 1.64. The minimum Gasteiger partial charge on any atom is -0.316 e. The fraction of sp³-hybridized carbons (Fsp3) is 0.455. The highest BCUT2D eigenvalue weighted by Gasteiger charge is 2.21. The van der Waals surface area contributed by atoms with Gasteiger partial charge >= 0.3 is 0 Å². The van der Waals surface area contributed by atoms with Crippen molar-refractivity contribution in [1.29, 1.82) is 0 Å². The van der Waals surface area contributed by atoms with Crippen LogP contribution in [0.5, 0.6) is 0 Å². The van der Waals surface area contributed by atoms with Crippen LogP contribution in [0.15, 0.2) is 22.8 Å². The molecule has 3 rings (SSSR count). The van der Waals surface area contributed by atoms with Gasteiger partial charge in [-0.05, 0) is 47.4 Å². The molecule has 0 bridgehead atoms. The van der Waals surface area contributed by atoms with Crippen molar-refractivity contribution < 1.29 is 0 Å². The van der Waals surface area contributed by atoms with Gasteiger partial charge in [-0.25, -0.2) is 0 Å². The lowest BCUT2D eigenvalue weighted by Gasteiger charge is -2.21. The predicted molar refractivity (Wildman–Crippen MR) is 65.5 cm³/mol. The Labute approximate surface area is 102 Å². The Morgan fingerprint density at radius 1 is 1.38 bits per heavy atom. The van der Waals surface area contributed by atoms with Gasteiger partial charge in [-0.2, -0.15) is 0 Å². The lowest BCUT2D eigenvalue weighted by atomic mass is 9.99. The van der Waals surface area contributed by atoms with Crippen LogP contribution in [0.3, 0.4) is 0 Å². The molecule has 2 aromatic heterocycles. The highest BCUT2D eigenvalue weighted by molar-refractivity contribution is 9.10. The maximum absolute atomic E-state index is 4.32. The number of rotatable bonds is 1. The summed E-state index contributed by atoms with van der Waals surface area (Å²) in [5, 5.41) is 11.9. The third-order valence-electron chi connectivity index (χ3n) is 3.07. The molecule has 0 radical (unpaired) electrons. The van der Waals surface area contributed by atoms with Gasteiger partial charge < -0.3 is 5.32 Å². The molecule has 1 saturated heterocycles. The van der Waals surface area contributed by atoms with Crippen LogP contribution in [-0.2, 0) is 0 Å². The van der Waals surface area contributed by atoms with Gasteiger partial charge in [-0.15, -0.1) is 10.2 Å². The summed E-state index contributed by atoms with van der Waals surface area (Å²) in [4.78, 5) is 0. The summed E-state index contributed by atoms with van der Waals surface area (Å²) in [5.41, 5.74) is 0.912. The summed E-state index contributed by atoms with van der Waals surface area (Å²) in [6, 6.07) is 5.99. The zero-order chi connectivity index (χ0) is 11.0. The number of pyridine rings is 1. The zero-order valence-electron chi connectivity index (χ0n) is 8.86. The standard InChI is InChI=1S/C11H13BrN4/c12-9-4-1-5-10-14-15-11(16(9)10)8-3-2-6-13-7-8/h1,4-5,8,13H,2-3,6-7H2. The number of aromatic nitrogens is 3. The molecule has 1 aliphatic heterocycles. The van der Waals surface area contributed by atoms with Gasteiger partial charge in [0.2, 0.25) is 0 Å². The largest absolute Gasteiger partial charge is 0.316 e. The summed E-state index contributed by atoms with van der Waals surface area (Å²) in [6.07, 6.45) is 2.40. The van der Waals surface area contributed by atoms with Gasteiger partial charge in [0, 0.05) is 12.5 Å². The Balaban J connectivity index is 2.09. The first-order valence-corrected chi connectivity index (χ1v) is 6.36. The third-order valence-corrected chi connectivity index (χ3v) is 3.69. The van der Waals surface area contributed by atoms with Crippen LogP contribution < -0.4 is 5.32 Å².